The van der Waals surface area contributed by atoms with Crippen LogP contribution >= 0.6 is 0 Å². The number of likely N-dealkylation sites (tertiary alicyclic amines) is 1. The van der Waals surface area contributed by atoms with Gasteiger partial charge in [-0.15, -0.1) is 0 Å². The van der Waals surface area contributed by atoms with E-state index in [-0.39, 0.29) is 11.3 Å². The standard InChI is InChI=1S/C25H29NO6/c1-5-14-26-22(17-10-8-9-11-19(17)30-4)21(24(28)25(26)29)23(27)18-13-12-16(31-6-2)15-20(18)32-7-3/h8-13,15,22,27H,5-7,14H2,1-4H3/b23-21+. The molecule has 7 heteroatoms. The normalized spacial score (nSPS) is 17.5. The highest BCUT2D eigenvalue weighted by Gasteiger charge is 2.46. The Bertz CT molecular complexity index is 1030. The molecule has 1 heterocycles. The van der Waals surface area contributed by atoms with Gasteiger partial charge in [0.05, 0.1) is 37.5 Å². The summed E-state index contributed by atoms with van der Waals surface area (Å²) in [7, 11) is 1.53. The van der Waals surface area contributed by atoms with E-state index in [1.807, 2.05) is 32.9 Å². The number of carbonyl (C=O) groups excluding carboxylic acids is 2. The highest BCUT2D eigenvalue weighted by Crippen LogP contribution is 2.44. The van der Waals surface area contributed by atoms with Gasteiger partial charge >= 0.3 is 0 Å². The number of para-hydroxylation sites is 1. The van der Waals surface area contributed by atoms with Gasteiger partial charge < -0.3 is 24.2 Å². The molecule has 0 aromatic heterocycles. The summed E-state index contributed by atoms with van der Waals surface area (Å²) in [5.41, 5.74) is 0.968. The highest BCUT2D eigenvalue weighted by atomic mass is 16.5. The average Bonchev–Trinajstić information content (AvgIpc) is 3.04. The van der Waals surface area contributed by atoms with Gasteiger partial charge in [0.15, 0.2) is 0 Å². The van der Waals surface area contributed by atoms with Crippen LogP contribution in [0.25, 0.3) is 5.76 Å². The van der Waals surface area contributed by atoms with E-state index in [0.717, 1.165) is 0 Å². The van der Waals surface area contributed by atoms with Crippen molar-refractivity contribution >= 4 is 17.4 Å². The summed E-state index contributed by atoms with van der Waals surface area (Å²) in [6.07, 6.45) is 0.659. The van der Waals surface area contributed by atoms with Crippen molar-refractivity contribution in [1.82, 2.24) is 4.90 Å². The Labute approximate surface area is 188 Å². The van der Waals surface area contributed by atoms with Crippen molar-refractivity contribution in [3.05, 3.63) is 59.2 Å². The number of benzene rings is 2. The molecule has 2 aromatic carbocycles. The summed E-state index contributed by atoms with van der Waals surface area (Å²) >= 11 is 0. The monoisotopic (exact) mass is 439 g/mol. The fraction of sp³-hybridized carbons (Fsp3) is 0.360. The largest absolute Gasteiger partial charge is 0.507 e. The molecule has 1 amide bonds. The van der Waals surface area contributed by atoms with Crippen LogP contribution in [0.3, 0.4) is 0 Å². The molecule has 1 N–H and O–H groups in total. The van der Waals surface area contributed by atoms with Crippen molar-refractivity contribution in [2.45, 2.75) is 33.2 Å². The lowest BCUT2D eigenvalue weighted by Gasteiger charge is -2.26. The van der Waals surface area contributed by atoms with Gasteiger partial charge in [-0.2, -0.15) is 0 Å². The number of ketones is 1. The molecular formula is C25H29NO6. The second kappa shape index (κ2) is 10.2. The molecule has 1 aliphatic heterocycles. The van der Waals surface area contributed by atoms with Crippen LogP contribution in [-0.2, 0) is 9.59 Å². The van der Waals surface area contributed by atoms with E-state index in [9.17, 15) is 14.7 Å². The molecule has 0 saturated carbocycles. The van der Waals surface area contributed by atoms with Gasteiger partial charge in [0.1, 0.15) is 23.0 Å². The number of methoxy groups -OCH3 is 1. The maximum Gasteiger partial charge on any atom is 0.295 e. The number of nitrogens with zero attached hydrogens (tertiary/aromatic N) is 1. The first-order valence-corrected chi connectivity index (χ1v) is 10.8. The maximum absolute atomic E-state index is 13.1. The number of rotatable bonds is 9. The molecule has 1 aliphatic rings. The Morgan fingerprint density at radius 3 is 2.38 bits per heavy atom. The molecule has 1 atom stereocenters. The summed E-state index contributed by atoms with van der Waals surface area (Å²) in [6.45, 7) is 6.83. The first-order valence-electron chi connectivity index (χ1n) is 10.8. The van der Waals surface area contributed by atoms with Crippen molar-refractivity contribution in [1.29, 1.82) is 0 Å². The van der Waals surface area contributed by atoms with Crippen LogP contribution in [0.1, 0.15) is 44.4 Å². The van der Waals surface area contributed by atoms with E-state index in [1.54, 1.807) is 30.3 Å². The van der Waals surface area contributed by atoms with Crippen LogP contribution in [-0.4, -0.2) is 48.6 Å². The molecule has 170 valence electrons. The number of Topliss-reactive ketones (excluding diaryl/α,β-unsaturated/α-hetero) is 1. The Morgan fingerprint density at radius 1 is 1.00 bits per heavy atom. The third kappa shape index (κ3) is 4.28. The number of amides is 1. The molecule has 0 aliphatic carbocycles. The molecule has 1 unspecified atom stereocenters. The lowest BCUT2D eigenvalue weighted by molar-refractivity contribution is -0.139. The van der Waals surface area contributed by atoms with Gasteiger partial charge in [-0.25, -0.2) is 0 Å². The van der Waals surface area contributed by atoms with Crippen LogP contribution in [0.2, 0.25) is 0 Å². The number of carbonyl (C=O) groups is 2. The van der Waals surface area contributed by atoms with Gasteiger partial charge in [0.25, 0.3) is 11.7 Å². The molecule has 0 spiro atoms. The molecule has 0 bridgehead atoms. The van der Waals surface area contributed by atoms with Crippen LogP contribution < -0.4 is 14.2 Å². The topological polar surface area (TPSA) is 85.3 Å². The van der Waals surface area contributed by atoms with Crippen molar-refractivity contribution in [3.63, 3.8) is 0 Å². The minimum atomic E-state index is -0.771. The quantitative estimate of drug-likeness (QED) is 0.356. The van der Waals surface area contributed by atoms with E-state index < -0.39 is 17.7 Å². The first-order chi connectivity index (χ1) is 15.5. The number of aliphatic hydroxyl groups is 1. The lowest BCUT2D eigenvalue weighted by atomic mass is 9.94. The Kier molecular flexibility index (Phi) is 7.41. The van der Waals surface area contributed by atoms with E-state index in [1.165, 1.54) is 12.0 Å². The molecular weight excluding hydrogens is 410 g/mol. The summed E-state index contributed by atoms with van der Waals surface area (Å²) in [5.74, 6) is -0.180. The van der Waals surface area contributed by atoms with Crippen molar-refractivity contribution < 1.29 is 28.9 Å². The third-order valence-corrected chi connectivity index (χ3v) is 5.26. The van der Waals surface area contributed by atoms with Crippen LogP contribution in [0.5, 0.6) is 17.2 Å². The van der Waals surface area contributed by atoms with Gasteiger partial charge in [-0.1, -0.05) is 25.1 Å². The summed E-state index contributed by atoms with van der Waals surface area (Å²) in [5, 5.41) is 11.3. The van der Waals surface area contributed by atoms with E-state index >= 15 is 0 Å². The van der Waals surface area contributed by atoms with Gasteiger partial charge in [0, 0.05) is 18.2 Å². The average molecular weight is 440 g/mol. The second-order valence-corrected chi connectivity index (χ2v) is 7.26. The van der Waals surface area contributed by atoms with Crippen molar-refractivity contribution in [2.24, 2.45) is 0 Å². The lowest BCUT2D eigenvalue weighted by Crippen LogP contribution is -2.30. The summed E-state index contributed by atoms with van der Waals surface area (Å²) in [4.78, 5) is 27.5. The molecule has 32 heavy (non-hydrogen) atoms. The Hall–Kier alpha value is -3.48. The predicted molar refractivity (Wildman–Crippen MR) is 121 cm³/mol. The van der Waals surface area contributed by atoms with Crippen LogP contribution in [0, 0.1) is 0 Å². The Morgan fingerprint density at radius 2 is 1.72 bits per heavy atom. The van der Waals surface area contributed by atoms with Crippen LogP contribution in [0.4, 0.5) is 0 Å². The smallest absolute Gasteiger partial charge is 0.295 e. The number of hydrogen-bond acceptors (Lipinski definition) is 6. The minimum absolute atomic E-state index is 0.0121. The number of hydrogen-bond donors (Lipinski definition) is 1. The molecule has 1 saturated heterocycles. The minimum Gasteiger partial charge on any atom is -0.507 e. The number of aliphatic hydroxyl groups excluding tert-OH is 1. The zero-order valence-electron chi connectivity index (χ0n) is 18.9. The summed E-state index contributed by atoms with van der Waals surface area (Å²) in [6, 6.07) is 11.4. The zero-order chi connectivity index (χ0) is 23.3. The molecule has 3 rings (SSSR count). The van der Waals surface area contributed by atoms with E-state index in [2.05, 4.69) is 0 Å². The molecule has 0 radical (unpaired) electrons. The van der Waals surface area contributed by atoms with Crippen LogP contribution in [0.15, 0.2) is 48.0 Å². The number of ether oxygens (including phenoxy) is 3. The fourth-order valence-corrected chi connectivity index (χ4v) is 3.94. The SMILES string of the molecule is CCCN1C(=O)C(=O)/C(=C(/O)c2ccc(OCC)cc2OCC)C1c1ccccc1OC. The van der Waals surface area contributed by atoms with E-state index in [4.69, 9.17) is 14.2 Å². The van der Waals surface area contributed by atoms with Crippen molar-refractivity contribution in [3.8, 4) is 17.2 Å². The van der Waals surface area contributed by atoms with Gasteiger partial charge in [-0.3, -0.25) is 9.59 Å². The predicted octanol–water partition coefficient (Wildman–Crippen LogP) is 4.32. The van der Waals surface area contributed by atoms with Gasteiger partial charge in [-0.05, 0) is 38.5 Å². The summed E-state index contributed by atoms with van der Waals surface area (Å²) < 4.78 is 16.8. The van der Waals surface area contributed by atoms with Crippen molar-refractivity contribution in [2.75, 3.05) is 26.9 Å². The second-order valence-electron chi connectivity index (χ2n) is 7.26. The molecule has 2 aromatic rings. The maximum atomic E-state index is 13.1. The zero-order valence-corrected chi connectivity index (χ0v) is 18.9. The Balaban J connectivity index is 2.24. The molecule has 1 fully saturated rings. The fourth-order valence-electron chi connectivity index (χ4n) is 3.94. The van der Waals surface area contributed by atoms with E-state index in [0.29, 0.717) is 54.6 Å². The third-order valence-electron chi connectivity index (χ3n) is 5.26. The highest BCUT2D eigenvalue weighted by molar-refractivity contribution is 6.46. The van der Waals surface area contributed by atoms with Gasteiger partial charge in [0.2, 0.25) is 0 Å². The molecule has 7 nitrogen and oxygen atoms in total. The first kappa shape index (κ1) is 23.2.